The second kappa shape index (κ2) is 9.77. The van der Waals surface area contributed by atoms with E-state index in [2.05, 4.69) is 0 Å². The third-order valence-corrected chi connectivity index (χ3v) is 5.54. The Labute approximate surface area is 180 Å². The van der Waals surface area contributed by atoms with Crippen molar-refractivity contribution in [3.8, 4) is 11.5 Å². The first-order valence-electron chi connectivity index (χ1n) is 8.88. The molecule has 0 aliphatic rings. The Bertz CT molecular complexity index is 971. The minimum atomic E-state index is -1.17. The third kappa shape index (κ3) is 6.07. The number of phenols is 1. The van der Waals surface area contributed by atoms with Crippen LogP contribution in [0.2, 0.25) is 10.0 Å². The average Bonchev–Trinajstić information content (AvgIpc) is 2.67. The average molecular weight is 453 g/mol. The van der Waals surface area contributed by atoms with E-state index >= 15 is 0 Å². The summed E-state index contributed by atoms with van der Waals surface area (Å²) in [7, 11) is -1.17. The number of aromatic hydroxyl groups is 1. The van der Waals surface area contributed by atoms with Gasteiger partial charge >= 0.3 is 0 Å². The van der Waals surface area contributed by atoms with Gasteiger partial charge in [-0.25, -0.2) is 4.39 Å². The molecule has 1 atom stereocenters. The SMILES string of the molecule is CP(O)COc1cc(Cl)c(Cc2ccc(O)c(Cc3ccc(F)cc3)c2)c(Cl)c1. The van der Waals surface area contributed by atoms with E-state index in [0.29, 0.717) is 28.6 Å². The maximum Gasteiger partial charge on any atom is 0.131 e. The Morgan fingerprint density at radius 2 is 1.55 bits per heavy atom. The molecule has 0 saturated carbocycles. The van der Waals surface area contributed by atoms with Gasteiger partial charge in [-0.1, -0.05) is 47.5 Å². The lowest BCUT2D eigenvalue weighted by atomic mass is 9.98. The lowest BCUT2D eigenvalue weighted by Gasteiger charge is -2.13. The van der Waals surface area contributed by atoms with Crippen LogP contribution in [-0.2, 0) is 12.8 Å². The van der Waals surface area contributed by atoms with Crippen molar-refractivity contribution in [3.05, 3.63) is 92.7 Å². The highest BCUT2D eigenvalue weighted by Crippen LogP contribution is 2.34. The quantitative estimate of drug-likeness (QED) is 0.409. The van der Waals surface area contributed by atoms with E-state index in [1.807, 2.05) is 12.1 Å². The molecule has 0 aromatic heterocycles. The van der Waals surface area contributed by atoms with Crippen LogP contribution in [0.1, 0.15) is 22.3 Å². The molecule has 0 aliphatic carbocycles. The molecule has 0 aliphatic heterocycles. The number of rotatable bonds is 7. The Balaban J connectivity index is 1.80. The van der Waals surface area contributed by atoms with Gasteiger partial charge < -0.3 is 14.7 Å². The standard InChI is InChI=1S/C22H20Cl2FO3P/c1-29(27)13-28-18-11-20(23)19(21(24)12-18)10-15-4-7-22(26)16(9-15)8-14-2-5-17(25)6-3-14/h2-7,9,11-12,26-27H,8,10,13H2,1H3. The van der Waals surface area contributed by atoms with Gasteiger partial charge in [-0.2, -0.15) is 0 Å². The summed E-state index contributed by atoms with van der Waals surface area (Å²) in [4.78, 5) is 9.40. The van der Waals surface area contributed by atoms with E-state index in [4.69, 9.17) is 27.9 Å². The van der Waals surface area contributed by atoms with Gasteiger partial charge in [-0.3, -0.25) is 0 Å². The minimum Gasteiger partial charge on any atom is -0.508 e. The van der Waals surface area contributed by atoms with Crippen molar-refractivity contribution in [2.75, 3.05) is 13.0 Å². The van der Waals surface area contributed by atoms with Gasteiger partial charge in [0.2, 0.25) is 0 Å². The fourth-order valence-corrected chi connectivity index (χ4v) is 3.85. The lowest BCUT2D eigenvalue weighted by molar-refractivity contribution is 0.376. The van der Waals surface area contributed by atoms with Crippen molar-refractivity contribution in [1.29, 1.82) is 0 Å². The van der Waals surface area contributed by atoms with Crippen molar-refractivity contribution < 1.29 is 19.1 Å². The predicted molar refractivity (Wildman–Crippen MR) is 117 cm³/mol. The van der Waals surface area contributed by atoms with Gasteiger partial charge in [0, 0.05) is 22.9 Å². The molecule has 2 N–H and O–H groups in total. The van der Waals surface area contributed by atoms with Crippen molar-refractivity contribution in [1.82, 2.24) is 0 Å². The zero-order valence-corrected chi connectivity index (χ0v) is 18.1. The molecule has 0 spiro atoms. The normalized spacial score (nSPS) is 12.0. The van der Waals surface area contributed by atoms with Crippen LogP contribution in [0, 0.1) is 5.82 Å². The third-order valence-electron chi connectivity index (χ3n) is 4.37. The monoisotopic (exact) mass is 452 g/mol. The Morgan fingerprint density at radius 1 is 0.931 bits per heavy atom. The summed E-state index contributed by atoms with van der Waals surface area (Å²) in [5, 5.41) is 11.1. The highest BCUT2D eigenvalue weighted by atomic mass is 35.5. The van der Waals surface area contributed by atoms with Gasteiger partial charge in [0.05, 0.1) is 8.15 Å². The van der Waals surface area contributed by atoms with E-state index in [1.54, 1.807) is 37.0 Å². The fraction of sp³-hybridized carbons (Fsp3) is 0.182. The Hall–Kier alpha value is -1.84. The molecular weight excluding hydrogens is 433 g/mol. The van der Waals surface area contributed by atoms with Crippen LogP contribution in [0.25, 0.3) is 0 Å². The lowest BCUT2D eigenvalue weighted by Crippen LogP contribution is -1.98. The highest BCUT2D eigenvalue weighted by Gasteiger charge is 2.12. The first-order valence-corrected chi connectivity index (χ1v) is 11.6. The Kier molecular flexibility index (Phi) is 7.37. The molecule has 3 aromatic rings. The maximum absolute atomic E-state index is 13.1. The van der Waals surface area contributed by atoms with Crippen molar-refractivity contribution in [2.24, 2.45) is 0 Å². The molecule has 1 unspecified atom stereocenters. The second-order valence-electron chi connectivity index (χ2n) is 6.74. The molecular formula is C22H20Cl2FO3P. The van der Waals surface area contributed by atoms with Crippen LogP contribution in [0.4, 0.5) is 4.39 Å². The smallest absolute Gasteiger partial charge is 0.131 e. The van der Waals surface area contributed by atoms with Crippen LogP contribution in [0.15, 0.2) is 54.6 Å². The molecule has 29 heavy (non-hydrogen) atoms. The molecule has 3 rings (SSSR count). The predicted octanol–water partition coefficient (Wildman–Crippen LogP) is 6.38. The highest BCUT2D eigenvalue weighted by molar-refractivity contribution is 7.50. The zero-order chi connectivity index (χ0) is 21.0. The van der Waals surface area contributed by atoms with Gasteiger partial charge in [0.15, 0.2) is 0 Å². The number of hydrogen-bond acceptors (Lipinski definition) is 3. The molecule has 0 amide bonds. The van der Waals surface area contributed by atoms with Gasteiger partial charge in [0.25, 0.3) is 0 Å². The summed E-state index contributed by atoms with van der Waals surface area (Å²) in [6.07, 6.45) is 1.18. The molecule has 3 aromatic carbocycles. The van der Waals surface area contributed by atoms with Crippen LogP contribution in [0.5, 0.6) is 11.5 Å². The molecule has 3 nitrogen and oxygen atoms in total. The van der Waals surface area contributed by atoms with Crippen molar-refractivity contribution in [2.45, 2.75) is 12.8 Å². The second-order valence-corrected chi connectivity index (χ2v) is 9.13. The Morgan fingerprint density at radius 3 is 2.17 bits per heavy atom. The summed E-state index contributed by atoms with van der Waals surface area (Å²) >= 11 is 12.8. The van der Waals surface area contributed by atoms with E-state index in [9.17, 15) is 14.4 Å². The van der Waals surface area contributed by atoms with Gasteiger partial charge in [-0.15, -0.1) is 0 Å². The summed E-state index contributed by atoms with van der Waals surface area (Å²) in [5.41, 5.74) is 3.32. The number of halogens is 3. The van der Waals surface area contributed by atoms with Crippen LogP contribution in [0.3, 0.4) is 0 Å². The molecule has 152 valence electrons. The maximum atomic E-state index is 13.1. The largest absolute Gasteiger partial charge is 0.508 e. The van der Waals surface area contributed by atoms with E-state index in [-0.39, 0.29) is 17.9 Å². The topological polar surface area (TPSA) is 49.7 Å². The van der Waals surface area contributed by atoms with Crippen LogP contribution < -0.4 is 4.74 Å². The number of phenolic OH excluding ortho intramolecular Hbond substituents is 1. The molecule has 0 saturated heterocycles. The fourth-order valence-electron chi connectivity index (χ4n) is 2.92. The van der Waals surface area contributed by atoms with Crippen LogP contribution >= 0.6 is 31.4 Å². The first kappa shape index (κ1) is 21.9. The molecule has 0 radical (unpaired) electrons. The molecule has 0 heterocycles. The molecule has 0 fully saturated rings. The first-order chi connectivity index (χ1) is 13.8. The van der Waals surface area contributed by atoms with E-state index in [0.717, 1.165) is 22.3 Å². The minimum absolute atomic E-state index is 0.180. The molecule has 0 bridgehead atoms. The number of hydrogen-bond donors (Lipinski definition) is 2. The number of ether oxygens (including phenoxy) is 1. The van der Waals surface area contributed by atoms with Gasteiger partial charge in [-0.05, 0) is 59.3 Å². The summed E-state index contributed by atoms with van der Waals surface area (Å²) in [6, 6.07) is 14.9. The summed E-state index contributed by atoms with van der Waals surface area (Å²) in [6.45, 7) is 1.70. The summed E-state index contributed by atoms with van der Waals surface area (Å²) in [5.74, 6) is 0.395. The van der Waals surface area contributed by atoms with E-state index in [1.165, 1.54) is 12.1 Å². The van der Waals surface area contributed by atoms with Crippen molar-refractivity contribution >= 4 is 31.4 Å². The van der Waals surface area contributed by atoms with Gasteiger partial charge in [0.1, 0.15) is 23.7 Å². The number of benzene rings is 3. The van der Waals surface area contributed by atoms with E-state index < -0.39 is 8.15 Å². The van der Waals surface area contributed by atoms with Crippen LogP contribution in [-0.4, -0.2) is 23.0 Å². The molecule has 7 heteroatoms. The van der Waals surface area contributed by atoms with Crippen molar-refractivity contribution in [3.63, 3.8) is 0 Å². The zero-order valence-electron chi connectivity index (χ0n) is 15.7. The summed E-state index contributed by atoms with van der Waals surface area (Å²) < 4.78 is 18.6.